The third-order valence-electron chi connectivity index (χ3n) is 4.17. The van der Waals surface area contributed by atoms with E-state index in [0.717, 1.165) is 22.4 Å². The van der Waals surface area contributed by atoms with Crippen LogP contribution in [0.5, 0.6) is 5.75 Å². The summed E-state index contributed by atoms with van der Waals surface area (Å²) >= 11 is 0. The summed E-state index contributed by atoms with van der Waals surface area (Å²) in [5.74, 6) is 0.443. The highest BCUT2D eigenvalue weighted by molar-refractivity contribution is 5.70. The number of halogens is 1. The van der Waals surface area contributed by atoms with E-state index in [1.165, 1.54) is 12.1 Å². The second kappa shape index (κ2) is 7.30. The largest absolute Gasteiger partial charge is 0.497 e. The molecular formula is C20H19FN2O2. The zero-order valence-electron chi connectivity index (χ0n) is 14.2. The Morgan fingerprint density at radius 2 is 1.92 bits per heavy atom. The van der Waals surface area contributed by atoms with Gasteiger partial charge in [-0.15, -0.1) is 0 Å². The number of aromatic nitrogens is 2. The van der Waals surface area contributed by atoms with Gasteiger partial charge in [0.2, 0.25) is 0 Å². The van der Waals surface area contributed by atoms with Crippen molar-refractivity contribution in [2.24, 2.45) is 0 Å². The fourth-order valence-electron chi connectivity index (χ4n) is 2.95. The standard InChI is InChI=1S/C20H19FN2O2/c1-13-19(15-6-4-8-17(12-15)25-2)18(20(24)23-22-13)10-9-14-5-3-7-16(21)11-14/h3-8,11-12H,9-10H2,1-2H3,(H,23,24). The molecule has 4 nitrogen and oxygen atoms in total. The predicted octanol–water partition coefficient (Wildman–Crippen LogP) is 3.68. The first-order valence-corrected chi connectivity index (χ1v) is 8.05. The lowest BCUT2D eigenvalue weighted by Crippen LogP contribution is -2.18. The van der Waals surface area contributed by atoms with Crippen molar-refractivity contribution in [3.63, 3.8) is 0 Å². The molecule has 1 heterocycles. The van der Waals surface area contributed by atoms with Crippen molar-refractivity contribution in [1.29, 1.82) is 0 Å². The van der Waals surface area contributed by atoms with Crippen molar-refractivity contribution in [3.05, 3.63) is 81.5 Å². The number of aromatic amines is 1. The van der Waals surface area contributed by atoms with Gasteiger partial charge >= 0.3 is 0 Å². The Morgan fingerprint density at radius 3 is 2.68 bits per heavy atom. The Balaban J connectivity index is 2.01. The minimum atomic E-state index is -0.273. The molecule has 0 aliphatic rings. The Hall–Kier alpha value is -2.95. The van der Waals surface area contributed by atoms with Crippen LogP contribution in [0.2, 0.25) is 0 Å². The van der Waals surface area contributed by atoms with Gasteiger partial charge in [-0.25, -0.2) is 9.49 Å². The van der Waals surface area contributed by atoms with Gasteiger partial charge in [0.15, 0.2) is 0 Å². The maximum atomic E-state index is 13.4. The summed E-state index contributed by atoms with van der Waals surface area (Å²) in [6, 6.07) is 14.0. The third-order valence-corrected chi connectivity index (χ3v) is 4.17. The van der Waals surface area contributed by atoms with Crippen molar-refractivity contribution in [2.75, 3.05) is 7.11 Å². The van der Waals surface area contributed by atoms with Crippen LogP contribution in [-0.2, 0) is 12.8 Å². The minimum Gasteiger partial charge on any atom is -0.497 e. The van der Waals surface area contributed by atoms with Crippen LogP contribution in [0.4, 0.5) is 4.39 Å². The highest BCUT2D eigenvalue weighted by Gasteiger charge is 2.14. The van der Waals surface area contributed by atoms with Crippen LogP contribution >= 0.6 is 0 Å². The summed E-state index contributed by atoms with van der Waals surface area (Å²) in [5.41, 5.74) is 3.70. The van der Waals surface area contributed by atoms with Gasteiger partial charge < -0.3 is 4.74 Å². The number of nitrogens with one attached hydrogen (secondary N) is 1. The maximum Gasteiger partial charge on any atom is 0.268 e. The second-order valence-corrected chi connectivity index (χ2v) is 5.85. The Bertz CT molecular complexity index is 950. The van der Waals surface area contributed by atoms with Crippen LogP contribution in [0.3, 0.4) is 0 Å². The molecule has 3 aromatic rings. The number of aryl methyl sites for hydroxylation is 2. The van der Waals surface area contributed by atoms with Gasteiger partial charge in [0.25, 0.3) is 5.56 Å². The molecule has 5 heteroatoms. The number of ether oxygens (including phenoxy) is 1. The van der Waals surface area contributed by atoms with Gasteiger partial charge in [-0.05, 0) is 55.2 Å². The molecule has 0 spiro atoms. The van der Waals surface area contributed by atoms with E-state index in [4.69, 9.17) is 4.74 Å². The molecule has 0 radical (unpaired) electrons. The summed E-state index contributed by atoms with van der Waals surface area (Å²) < 4.78 is 18.7. The molecule has 0 aliphatic carbocycles. The lowest BCUT2D eigenvalue weighted by molar-refractivity contribution is 0.415. The summed E-state index contributed by atoms with van der Waals surface area (Å²) in [7, 11) is 1.60. The third kappa shape index (κ3) is 3.76. The normalized spacial score (nSPS) is 10.7. The maximum absolute atomic E-state index is 13.4. The monoisotopic (exact) mass is 338 g/mol. The van der Waals surface area contributed by atoms with E-state index in [1.54, 1.807) is 13.2 Å². The zero-order chi connectivity index (χ0) is 17.8. The van der Waals surface area contributed by atoms with Gasteiger partial charge in [-0.3, -0.25) is 4.79 Å². The van der Waals surface area contributed by atoms with E-state index in [-0.39, 0.29) is 11.4 Å². The van der Waals surface area contributed by atoms with E-state index in [2.05, 4.69) is 10.2 Å². The zero-order valence-corrected chi connectivity index (χ0v) is 14.2. The molecule has 128 valence electrons. The Labute approximate surface area is 145 Å². The van der Waals surface area contributed by atoms with Crippen molar-refractivity contribution in [3.8, 4) is 16.9 Å². The van der Waals surface area contributed by atoms with Crippen LogP contribution in [-0.4, -0.2) is 17.3 Å². The number of benzene rings is 2. The quantitative estimate of drug-likeness (QED) is 0.772. The lowest BCUT2D eigenvalue weighted by Gasteiger charge is -2.12. The highest BCUT2D eigenvalue weighted by atomic mass is 19.1. The Kier molecular flexibility index (Phi) is 4.93. The summed E-state index contributed by atoms with van der Waals surface area (Å²) in [5, 5.41) is 6.65. The SMILES string of the molecule is COc1cccc(-c2c(C)n[nH]c(=O)c2CCc2cccc(F)c2)c1. The topological polar surface area (TPSA) is 55.0 Å². The van der Waals surface area contributed by atoms with Crippen molar-refractivity contribution in [1.82, 2.24) is 10.2 Å². The molecule has 0 amide bonds. The molecule has 1 N–H and O–H groups in total. The van der Waals surface area contributed by atoms with Gasteiger partial charge in [0.1, 0.15) is 11.6 Å². The van der Waals surface area contributed by atoms with Gasteiger partial charge in [-0.2, -0.15) is 5.10 Å². The van der Waals surface area contributed by atoms with Crippen molar-refractivity contribution in [2.45, 2.75) is 19.8 Å². The molecule has 0 saturated carbocycles. The van der Waals surface area contributed by atoms with E-state index in [0.29, 0.717) is 24.2 Å². The van der Waals surface area contributed by atoms with Crippen molar-refractivity contribution < 1.29 is 9.13 Å². The van der Waals surface area contributed by atoms with Gasteiger partial charge in [-0.1, -0.05) is 24.3 Å². The average molecular weight is 338 g/mol. The molecule has 25 heavy (non-hydrogen) atoms. The van der Waals surface area contributed by atoms with Crippen molar-refractivity contribution >= 4 is 0 Å². The molecule has 3 rings (SSSR count). The predicted molar refractivity (Wildman–Crippen MR) is 95.4 cm³/mol. The molecule has 2 aromatic carbocycles. The number of hydrogen-bond donors (Lipinski definition) is 1. The summed E-state index contributed by atoms with van der Waals surface area (Å²) in [4.78, 5) is 12.4. The molecular weight excluding hydrogens is 319 g/mol. The summed E-state index contributed by atoms with van der Waals surface area (Å²) in [6.45, 7) is 1.86. The van der Waals surface area contributed by atoms with Crippen LogP contribution in [0.1, 0.15) is 16.8 Å². The minimum absolute atomic E-state index is 0.222. The van der Waals surface area contributed by atoms with Crippen LogP contribution in [0, 0.1) is 12.7 Å². The second-order valence-electron chi connectivity index (χ2n) is 5.85. The lowest BCUT2D eigenvalue weighted by atomic mass is 9.95. The van der Waals surface area contributed by atoms with E-state index in [1.807, 2.05) is 37.3 Å². The van der Waals surface area contributed by atoms with E-state index < -0.39 is 0 Å². The number of H-pyrrole nitrogens is 1. The smallest absolute Gasteiger partial charge is 0.268 e. The fraction of sp³-hybridized carbons (Fsp3) is 0.200. The highest BCUT2D eigenvalue weighted by Crippen LogP contribution is 2.28. The molecule has 0 fully saturated rings. The number of nitrogens with zero attached hydrogens (tertiary/aromatic N) is 1. The fourth-order valence-corrected chi connectivity index (χ4v) is 2.95. The van der Waals surface area contributed by atoms with Crippen LogP contribution in [0.15, 0.2) is 53.3 Å². The summed E-state index contributed by atoms with van der Waals surface area (Å²) in [6.07, 6.45) is 1.07. The molecule has 0 saturated heterocycles. The molecule has 0 unspecified atom stereocenters. The first-order chi connectivity index (χ1) is 12.1. The molecule has 0 atom stereocenters. The Morgan fingerprint density at radius 1 is 1.12 bits per heavy atom. The first kappa shape index (κ1) is 16.9. The van der Waals surface area contributed by atoms with E-state index >= 15 is 0 Å². The van der Waals surface area contributed by atoms with Gasteiger partial charge in [0, 0.05) is 11.1 Å². The molecule has 1 aromatic heterocycles. The number of hydrogen-bond acceptors (Lipinski definition) is 3. The number of methoxy groups -OCH3 is 1. The van der Waals surface area contributed by atoms with Crippen LogP contribution in [0.25, 0.3) is 11.1 Å². The van der Waals surface area contributed by atoms with E-state index in [9.17, 15) is 9.18 Å². The first-order valence-electron chi connectivity index (χ1n) is 8.05. The molecule has 0 aliphatic heterocycles. The van der Waals surface area contributed by atoms with Crippen LogP contribution < -0.4 is 10.3 Å². The molecule has 0 bridgehead atoms. The van der Waals surface area contributed by atoms with Gasteiger partial charge in [0.05, 0.1) is 12.8 Å². The number of rotatable bonds is 5. The average Bonchev–Trinajstić information content (AvgIpc) is 2.62.